The summed E-state index contributed by atoms with van der Waals surface area (Å²) in [5.41, 5.74) is -0.525. The molecular formula is C56H93N5O37. The van der Waals surface area contributed by atoms with Crippen LogP contribution in [0.2, 0.25) is 0 Å². The predicted molar refractivity (Wildman–Crippen MR) is 319 cm³/mol. The number of fused-ring (bicyclic) bond motifs is 26. The van der Waals surface area contributed by atoms with Crippen molar-refractivity contribution in [2.75, 3.05) is 46.2 Å². The first-order chi connectivity index (χ1) is 46.1. The first kappa shape index (κ1) is 85.3. The lowest BCUT2D eigenvalue weighted by atomic mass is 9.98. The average molecular weight is 1430 g/mol. The van der Waals surface area contributed by atoms with E-state index in [4.69, 9.17) is 42.6 Å². The molecule has 17 unspecified atom stereocenters. The van der Waals surface area contributed by atoms with E-state index >= 15 is 0 Å². The average Bonchev–Trinajstić information content (AvgIpc) is 1.06. The van der Waals surface area contributed by atoms with Crippen LogP contribution in [0.4, 0.5) is 4.79 Å². The highest BCUT2D eigenvalue weighted by atomic mass is 16.7. The number of amides is 2. The van der Waals surface area contributed by atoms with Gasteiger partial charge in [0.1, 0.15) is 72.3 Å². The van der Waals surface area contributed by atoms with Gasteiger partial charge in [-0.15, -0.1) is 5.10 Å². The minimum absolute atomic E-state index is 0.0846. The van der Waals surface area contributed by atoms with E-state index in [0.29, 0.717) is 25.8 Å². The molecule has 0 aromatic carbocycles. The highest BCUT2D eigenvalue weighted by molar-refractivity contribution is 5.75. The highest BCUT2D eigenvalue weighted by Gasteiger charge is 2.49. The first-order valence-corrected chi connectivity index (χ1v) is 30.3. The summed E-state index contributed by atoms with van der Waals surface area (Å²) in [6.07, 6.45) is -44.6. The Morgan fingerprint density at radius 1 is 0.459 bits per heavy atom. The topological polar surface area (TPSA) is 698 Å². The summed E-state index contributed by atoms with van der Waals surface area (Å²) in [5, 5.41) is 293. The Hall–Kier alpha value is -6.96. The van der Waals surface area contributed by atoms with Crippen molar-refractivity contribution in [3.05, 3.63) is 81.0 Å². The van der Waals surface area contributed by atoms with Gasteiger partial charge in [0.25, 0.3) is 0 Å². The van der Waals surface area contributed by atoms with Crippen LogP contribution in [0.1, 0.15) is 90.7 Å². The molecule has 1 aromatic heterocycles. The third-order valence-electron chi connectivity index (χ3n) is 14.1. The molecule has 0 spiro atoms. The van der Waals surface area contributed by atoms with Crippen molar-refractivity contribution in [2.45, 2.75) is 209 Å². The lowest BCUT2D eigenvalue weighted by Gasteiger charge is -2.43. The number of aromatic nitrogens is 3. The molecule has 42 heteroatoms. The number of aliphatic hydroxyl groups is 26. The van der Waals surface area contributed by atoms with E-state index in [1.165, 1.54) is 6.20 Å². The number of hydrogen-bond acceptors (Lipinski definition) is 39. The van der Waals surface area contributed by atoms with Crippen LogP contribution in [0.15, 0.2) is 75.3 Å². The van der Waals surface area contributed by atoms with Crippen molar-refractivity contribution >= 4 is 12.0 Å². The quantitative estimate of drug-likeness (QED) is 0.0497. The largest absolute Gasteiger partial charge is 0.506 e. The van der Waals surface area contributed by atoms with Crippen molar-refractivity contribution in [1.29, 1.82) is 0 Å². The number of carbonyl (C=O) groups excluding carboxylic acids is 2. The number of carbonyl (C=O) groups is 2. The van der Waals surface area contributed by atoms with Crippen LogP contribution in [-0.4, -0.2) is 317 Å². The molecule has 564 valence electrons. The molecule has 1 saturated heterocycles. The van der Waals surface area contributed by atoms with Crippen molar-refractivity contribution in [2.24, 2.45) is 0 Å². The molecule has 42 nitrogen and oxygen atoms in total. The van der Waals surface area contributed by atoms with Crippen molar-refractivity contribution in [3.8, 4) is 0 Å². The zero-order valence-corrected chi connectivity index (χ0v) is 53.3. The van der Waals surface area contributed by atoms with Gasteiger partial charge in [-0.2, -0.15) is 0 Å². The van der Waals surface area contributed by atoms with Gasteiger partial charge < -0.3 is 186 Å². The van der Waals surface area contributed by atoms with Crippen molar-refractivity contribution in [3.63, 3.8) is 0 Å². The minimum atomic E-state index is -2.89. The van der Waals surface area contributed by atoms with Crippen LogP contribution < -0.4 is 10.6 Å². The maximum atomic E-state index is 12.7. The Morgan fingerprint density at radius 2 is 0.816 bits per heavy atom. The summed E-state index contributed by atoms with van der Waals surface area (Å²) in [4.78, 5) is 24.5. The molecule has 0 saturated carbocycles. The molecule has 4 rings (SSSR count). The molecule has 1 aromatic rings. The SMILES string of the molecule is CC(C)(C)OC(=O)NCCCCCC(=O)NCc1cn(CCC2OC3OC(CO)C(OC(O)/C(O)=C(\O)C(CCO)OC(O)/C(O)=C(\O)C(CCO)OC(O)/C(O)=C(/O)C(CCO)OC(O)/C(O)=C(\O)C(CCO)OC(O)/C(O)=C(/O)C(CCO)OC(O)/C(O)=C\2O)C(O)C3O)nn1. The standard InChI is InChI=1S/C56H93N5O37/c1-56(2,3)98-55(89)57-14-6-4-5-7-32(68)58-21-24-22-61(60-59-24)15-8-25-33(69)40(76)48(83)90-26(9-16-62)34(70)41(77)49(84)91-27(10-17-63)35(71)42(78)50(85)92-28(11-18-64)36(72)43(79)51(86)93-29(12-19-65)37(73)44(80)52(87)94-30(13-20-66)38(74)45(81)53(88)97-47-31(23-67)96-54(95-25)46(82)39(47)75/h22,25-31,39,46-54,62-67,69-88H,4-21,23H2,1-3H3,(H,57,89)(H,58,68)/b40-33-,41-34-,42-35+,43-36-,44-37+,45-38+. The van der Waals surface area contributed by atoms with Crippen molar-refractivity contribution < 1.29 is 185 Å². The third kappa shape index (κ3) is 26.0. The molecule has 3 aliphatic heterocycles. The van der Waals surface area contributed by atoms with Crippen LogP contribution in [-0.2, 0) is 60.5 Å². The van der Waals surface area contributed by atoms with Gasteiger partial charge >= 0.3 is 6.09 Å². The number of aryl methyl sites for hydroxylation is 1. The van der Waals surface area contributed by atoms with E-state index in [1.54, 1.807) is 20.8 Å². The fraction of sp³-hybridized carbons (Fsp3) is 0.714. The van der Waals surface area contributed by atoms with E-state index in [1.807, 2.05) is 0 Å². The third-order valence-corrected chi connectivity index (χ3v) is 14.1. The number of nitrogens with one attached hydrogen (secondary N) is 2. The Labute approximate surface area is 557 Å². The maximum absolute atomic E-state index is 12.7. The molecule has 2 bridgehead atoms. The maximum Gasteiger partial charge on any atom is 0.407 e. The van der Waals surface area contributed by atoms with Crippen LogP contribution in [0.3, 0.4) is 0 Å². The normalized spacial score (nSPS) is 34.4. The van der Waals surface area contributed by atoms with Gasteiger partial charge in [-0.25, -0.2) is 4.79 Å². The number of hydrogen-bond donors (Lipinski definition) is 28. The minimum Gasteiger partial charge on any atom is -0.506 e. The van der Waals surface area contributed by atoms with E-state index in [9.17, 15) is 142 Å². The molecule has 28 N–H and O–H groups in total. The number of rotatable bonds is 22. The second-order valence-electron chi connectivity index (χ2n) is 22.6. The summed E-state index contributed by atoms with van der Waals surface area (Å²) >= 11 is 0. The molecule has 1 fully saturated rings. The molecule has 0 radical (unpaired) electrons. The summed E-state index contributed by atoms with van der Waals surface area (Å²) in [6, 6.07) is 0. The molecule has 4 heterocycles. The number of ether oxygens (including phenoxy) is 9. The number of alkyl carbamates (subject to hydrolysis) is 1. The van der Waals surface area contributed by atoms with Gasteiger partial charge in [0, 0.05) is 91.1 Å². The summed E-state index contributed by atoms with van der Waals surface area (Å²) in [5.74, 6) is -19.7. The van der Waals surface area contributed by atoms with Gasteiger partial charge in [-0.05, 0) is 33.6 Å². The Kier molecular flexibility index (Phi) is 36.2. The molecule has 98 heavy (non-hydrogen) atoms. The molecule has 3 aliphatic rings. The summed E-state index contributed by atoms with van der Waals surface area (Å²) in [6.45, 7) is -1.42. The van der Waals surface area contributed by atoms with Crippen LogP contribution in [0.25, 0.3) is 0 Å². The predicted octanol–water partition coefficient (Wildman–Crippen LogP) is -3.69. The molecule has 2 amide bonds. The Bertz CT molecular complexity index is 2810. The highest BCUT2D eigenvalue weighted by Crippen LogP contribution is 2.32. The van der Waals surface area contributed by atoms with Gasteiger partial charge in [0.2, 0.25) is 43.6 Å². The van der Waals surface area contributed by atoms with Crippen LogP contribution >= 0.6 is 0 Å². The van der Waals surface area contributed by atoms with Gasteiger partial charge in [0.15, 0.2) is 75.4 Å². The van der Waals surface area contributed by atoms with Gasteiger partial charge in [-0.1, -0.05) is 11.6 Å². The zero-order valence-electron chi connectivity index (χ0n) is 53.3. The second-order valence-corrected chi connectivity index (χ2v) is 22.6. The summed E-state index contributed by atoms with van der Waals surface area (Å²) < 4.78 is 48.5. The molecule has 0 aliphatic carbocycles. The number of aliphatic hydroxyl groups excluding tert-OH is 26. The number of unbranched alkanes of at least 4 members (excludes halogenated alkanes) is 2. The van der Waals surface area contributed by atoms with E-state index in [-0.39, 0.29) is 24.6 Å². The number of nitrogens with zero attached hydrogens (tertiary/aromatic N) is 3. The van der Waals surface area contributed by atoms with Crippen LogP contribution in [0.5, 0.6) is 0 Å². The van der Waals surface area contributed by atoms with E-state index in [2.05, 4.69) is 20.9 Å². The first-order valence-electron chi connectivity index (χ1n) is 30.3. The Morgan fingerprint density at radius 3 is 1.16 bits per heavy atom. The zero-order chi connectivity index (χ0) is 73.9. The van der Waals surface area contributed by atoms with E-state index < -0.39 is 271 Å². The lowest BCUT2D eigenvalue weighted by molar-refractivity contribution is -0.329. The van der Waals surface area contributed by atoms with Crippen LogP contribution in [0, 0.1) is 0 Å². The fourth-order valence-electron chi connectivity index (χ4n) is 8.91. The molecule has 17 atom stereocenters. The van der Waals surface area contributed by atoms with Gasteiger partial charge in [0.05, 0.1) is 19.3 Å². The fourth-order valence-corrected chi connectivity index (χ4v) is 8.91. The lowest BCUT2D eigenvalue weighted by Crippen LogP contribution is -2.61. The van der Waals surface area contributed by atoms with Gasteiger partial charge in [-0.3, -0.25) is 9.48 Å². The van der Waals surface area contributed by atoms with E-state index in [0.717, 1.165) is 4.68 Å². The monoisotopic (exact) mass is 1430 g/mol. The second kappa shape index (κ2) is 41.6. The smallest absolute Gasteiger partial charge is 0.407 e. The molecular weight excluding hydrogens is 1330 g/mol. The summed E-state index contributed by atoms with van der Waals surface area (Å²) in [7, 11) is 0. The Balaban J connectivity index is 2.16. The van der Waals surface area contributed by atoms with Crippen molar-refractivity contribution in [1.82, 2.24) is 25.6 Å².